The molecule has 3 N–H and O–H groups in total. The van der Waals surface area contributed by atoms with Gasteiger partial charge in [-0.1, -0.05) is 19.1 Å². The third-order valence-electron chi connectivity index (χ3n) is 3.64. The first-order valence-electron chi connectivity index (χ1n) is 6.49. The predicted octanol–water partition coefficient (Wildman–Crippen LogP) is 1.43. The van der Waals surface area contributed by atoms with Gasteiger partial charge in [0.15, 0.2) is 0 Å². The van der Waals surface area contributed by atoms with E-state index in [1.807, 2.05) is 0 Å². The summed E-state index contributed by atoms with van der Waals surface area (Å²) in [7, 11) is 0. The van der Waals surface area contributed by atoms with Gasteiger partial charge < -0.3 is 11.1 Å². The van der Waals surface area contributed by atoms with Gasteiger partial charge in [0, 0.05) is 6.54 Å². The van der Waals surface area contributed by atoms with Crippen molar-refractivity contribution in [1.29, 1.82) is 0 Å². The maximum absolute atomic E-state index is 13.4. The van der Waals surface area contributed by atoms with Gasteiger partial charge in [-0.15, -0.1) is 0 Å². The highest BCUT2D eigenvalue weighted by molar-refractivity contribution is 5.92. The molecule has 1 aromatic carbocycles. The number of likely N-dealkylation sites (tertiary alicyclic amines) is 1. The molecule has 1 atom stereocenters. The molecule has 2 rings (SSSR count). The maximum Gasteiger partial charge on any atom is 0.238 e. The van der Waals surface area contributed by atoms with Gasteiger partial charge in [0.25, 0.3) is 0 Å². The number of amides is 1. The minimum Gasteiger partial charge on any atom is -0.330 e. The van der Waals surface area contributed by atoms with Crippen LogP contribution in [0.5, 0.6) is 0 Å². The van der Waals surface area contributed by atoms with Gasteiger partial charge >= 0.3 is 0 Å². The Morgan fingerprint density at radius 3 is 2.89 bits per heavy atom. The monoisotopic (exact) mass is 265 g/mol. The van der Waals surface area contributed by atoms with Gasteiger partial charge in [0.2, 0.25) is 5.91 Å². The highest BCUT2D eigenvalue weighted by Crippen LogP contribution is 2.28. The van der Waals surface area contributed by atoms with Crippen LogP contribution < -0.4 is 11.1 Å². The number of para-hydroxylation sites is 1. The highest BCUT2D eigenvalue weighted by Gasteiger charge is 2.33. The quantitative estimate of drug-likeness (QED) is 0.866. The lowest BCUT2D eigenvalue weighted by atomic mass is 9.90. The van der Waals surface area contributed by atoms with E-state index >= 15 is 0 Å². The summed E-state index contributed by atoms with van der Waals surface area (Å²) in [6, 6.07) is 6.18. The van der Waals surface area contributed by atoms with Crippen LogP contribution >= 0.6 is 0 Å². The number of nitrogens with two attached hydrogens (primary N) is 1. The van der Waals surface area contributed by atoms with Crippen LogP contribution in [0.1, 0.15) is 13.3 Å². The molecule has 1 aromatic rings. The van der Waals surface area contributed by atoms with Crippen LogP contribution in [0, 0.1) is 11.2 Å². The Labute approximate surface area is 112 Å². The topological polar surface area (TPSA) is 58.4 Å². The number of carbonyl (C=O) groups is 1. The number of nitrogens with one attached hydrogen (secondary N) is 1. The average Bonchev–Trinajstić information content (AvgIpc) is 2.74. The molecule has 4 nitrogen and oxygen atoms in total. The highest BCUT2D eigenvalue weighted by atomic mass is 19.1. The minimum atomic E-state index is -0.413. The molecule has 1 unspecified atom stereocenters. The Hall–Kier alpha value is -1.46. The number of rotatable bonds is 4. The van der Waals surface area contributed by atoms with E-state index in [4.69, 9.17) is 5.73 Å². The van der Waals surface area contributed by atoms with Crippen molar-refractivity contribution in [2.75, 3.05) is 31.5 Å². The largest absolute Gasteiger partial charge is 0.330 e. The molecule has 1 amide bonds. The predicted molar refractivity (Wildman–Crippen MR) is 73.2 cm³/mol. The first kappa shape index (κ1) is 14.0. The summed E-state index contributed by atoms with van der Waals surface area (Å²) in [5.74, 6) is -0.601. The fourth-order valence-electron chi connectivity index (χ4n) is 2.38. The van der Waals surface area contributed by atoms with Crippen molar-refractivity contribution in [3.63, 3.8) is 0 Å². The zero-order valence-electron chi connectivity index (χ0n) is 11.2. The van der Waals surface area contributed by atoms with E-state index in [-0.39, 0.29) is 23.6 Å². The van der Waals surface area contributed by atoms with Crippen LogP contribution in [0.4, 0.5) is 10.1 Å². The van der Waals surface area contributed by atoms with E-state index in [0.717, 1.165) is 19.5 Å². The minimum absolute atomic E-state index is 0.0955. The molecular weight excluding hydrogens is 245 g/mol. The molecule has 0 radical (unpaired) electrons. The van der Waals surface area contributed by atoms with Crippen molar-refractivity contribution in [3.8, 4) is 0 Å². The lowest BCUT2D eigenvalue weighted by molar-refractivity contribution is -0.117. The molecule has 19 heavy (non-hydrogen) atoms. The summed E-state index contributed by atoms with van der Waals surface area (Å²) in [6.45, 7) is 4.71. The van der Waals surface area contributed by atoms with Crippen LogP contribution in [0.2, 0.25) is 0 Å². The smallest absolute Gasteiger partial charge is 0.238 e. The summed E-state index contributed by atoms with van der Waals surface area (Å²) in [6.07, 6.45) is 0.997. The van der Waals surface area contributed by atoms with Crippen LogP contribution in [0.25, 0.3) is 0 Å². The Morgan fingerprint density at radius 1 is 1.53 bits per heavy atom. The fourth-order valence-corrected chi connectivity index (χ4v) is 2.38. The van der Waals surface area contributed by atoms with Gasteiger partial charge in [-0.3, -0.25) is 9.69 Å². The number of nitrogens with zero attached hydrogens (tertiary/aromatic N) is 1. The van der Waals surface area contributed by atoms with Crippen LogP contribution in [0.15, 0.2) is 24.3 Å². The van der Waals surface area contributed by atoms with Crippen molar-refractivity contribution >= 4 is 11.6 Å². The van der Waals surface area contributed by atoms with Crippen molar-refractivity contribution in [2.45, 2.75) is 13.3 Å². The molecule has 0 saturated carbocycles. The summed E-state index contributed by atoms with van der Waals surface area (Å²) in [4.78, 5) is 13.9. The first-order chi connectivity index (χ1) is 9.02. The van der Waals surface area contributed by atoms with Gasteiger partial charge in [-0.25, -0.2) is 4.39 Å². The van der Waals surface area contributed by atoms with Gasteiger partial charge in [0.1, 0.15) is 5.82 Å². The van der Waals surface area contributed by atoms with E-state index in [1.54, 1.807) is 18.2 Å². The van der Waals surface area contributed by atoms with Crippen LogP contribution in [-0.2, 0) is 4.79 Å². The standard InChI is InChI=1S/C14H20FN3O/c1-14(9-16)6-7-18(10-14)8-13(19)17-12-5-3-2-4-11(12)15/h2-5H,6-10,16H2,1H3,(H,17,19). The molecule has 0 aliphatic carbocycles. The number of benzene rings is 1. The van der Waals surface area contributed by atoms with Gasteiger partial charge in [-0.2, -0.15) is 0 Å². The number of anilines is 1. The third-order valence-corrected chi connectivity index (χ3v) is 3.64. The number of carbonyl (C=O) groups excluding carboxylic acids is 1. The molecule has 1 aliphatic heterocycles. The van der Waals surface area contributed by atoms with E-state index < -0.39 is 5.82 Å². The van der Waals surface area contributed by atoms with Crippen molar-refractivity contribution in [1.82, 2.24) is 4.90 Å². The second-order valence-electron chi connectivity index (χ2n) is 5.50. The van der Waals surface area contributed by atoms with E-state index in [9.17, 15) is 9.18 Å². The molecule has 104 valence electrons. The number of hydrogen-bond acceptors (Lipinski definition) is 3. The summed E-state index contributed by atoms with van der Waals surface area (Å²) in [5.41, 5.74) is 6.05. The summed E-state index contributed by atoms with van der Waals surface area (Å²) < 4.78 is 13.4. The van der Waals surface area contributed by atoms with Crippen LogP contribution in [-0.4, -0.2) is 37.0 Å². The Balaban J connectivity index is 1.88. The molecular formula is C14H20FN3O. The van der Waals surface area contributed by atoms with Crippen molar-refractivity contribution in [3.05, 3.63) is 30.1 Å². The SMILES string of the molecule is CC1(CN)CCN(CC(=O)Nc2ccccc2F)C1. The molecule has 0 aromatic heterocycles. The Kier molecular flexibility index (Phi) is 4.17. The molecule has 0 bridgehead atoms. The van der Waals surface area contributed by atoms with Crippen molar-refractivity contribution in [2.24, 2.45) is 11.1 Å². The molecule has 1 saturated heterocycles. The normalized spacial score (nSPS) is 23.5. The summed E-state index contributed by atoms with van der Waals surface area (Å²) >= 11 is 0. The molecule has 1 aliphatic rings. The third kappa shape index (κ3) is 3.52. The first-order valence-corrected chi connectivity index (χ1v) is 6.49. The zero-order chi connectivity index (χ0) is 13.9. The number of halogens is 1. The molecule has 1 fully saturated rings. The van der Waals surface area contributed by atoms with Gasteiger partial charge in [-0.05, 0) is 37.1 Å². The lowest BCUT2D eigenvalue weighted by Gasteiger charge is -2.22. The Bertz CT molecular complexity index is 466. The number of hydrogen-bond donors (Lipinski definition) is 2. The van der Waals surface area contributed by atoms with E-state index in [2.05, 4.69) is 17.1 Å². The van der Waals surface area contributed by atoms with Gasteiger partial charge in [0.05, 0.1) is 12.2 Å². The average molecular weight is 265 g/mol. The lowest BCUT2D eigenvalue weighted by Crippen LogP contribution is -2.35. The van der Waals surface area contributed by atoms with E-state index in [1.165, 1.54) is 6.07 Å². The van der Waals surface area contributed by atoms with E-state index in [0.29, 0.717) is 6.54 Å². The van der Waals surface area contributed by atoms with Crippen molar-refractivity contribution < 1.29 is 9.18 Å². The fraction of sp³-hybridized carbons (Fsp3) is 0.500. The second-order valence-corrected chi connectivity index (χ2v) is 5.50. The zero-order valence-corrected chi connectivity index (χ0v) is 11.2. The Morgan fingerprint density at radius 2 is 2.26 bits per heavy atom. The molecule has 0 spiro atoms. The molecule has 5 heteroatoms. The second kappa shape index (κ2) is 5.67. The summed E-state index contributed by atoms with van der Waals surface area (Å²) in [5, 5.41) is 2.60. The molecule has 1 heterocycles. The van der Waals surface area contributed by atoms with Crippen LogP contribution in [0.3, 0.4) is 0 Å². The maximum atomic E-state index is 13.4.